The molecular weight excluding hydrogens is 248 g/mol. The van der Waals surface area contributed by atoms with E-state index < -0.39 is 0 Å². The van der Waals surface area contributed by atoms with Gasteiger partial charge in [-0.15, -0.1) is 0 Å². The lowest BCUT2D eigenvalue weighted by molar-refractivity contribution is 0.426. The Morgan fingerprint density at radius 3 is 2.90 bits per heavy atom. The molecule has 4 heteroatoms. The smallest absolute Gasteiger partial charge is 0.151 e. The van der Waals surface area contributed by atoms with Crippen LogP contribution in [-0.2, 0) is 6.54 Å². The molecule has 1 aromatic rings. The van der Waals surface area contributed by atoms with Crippen LogP contribution in [0, 0.1) is 0 Å². The third kappa shape index (κ3) is 2.69. The Hall–Kier alpha value is -1.84. The zero-order valence-corrected chi connectivity index (χ0v) is 12.1. The van der Waals surface area contributed by atoms with Gasteiger partial charge < -0.3 is 9.88 Å². The predicted octanol–water partition coefficient (Wildman–Crippen LogP) is 3.33. The Kier molecular flexibility index (Phi) is 3.72. The Labute approximate surface area is 120 Å². The van der Waals surface area contributed by atoms with Crippen molar-refractivity contribution in [2.45, 2.75) is 51.5 Å². The van der Waals surface area contributed by atoms with Gasteiger partial charge in [0, 0.05) is 30.6 Å². The summed E-state index contributed by atoms with van der Waals surface area (Å²) in [6, 6.07) is 0. The first-order valence-electron chi connectivity index (χ1n) is 7.44. The minimum atomic E-state index is 0.653. The molecule has 106 valence electrons. The van der Waals surface area contributed by atoms with E-state index in [0.717, 1.165) is 12.4 Å². The summed E-state index contributed by atoms with van der Waals surface area (Å²) in [5, 5.41) is 3.10. The van der Waals surface area contributed by atoms with Gasteiger partial charge in [-0.1, -0.05) is 25.8 Å². The maximum Gasteiger partial charge on any atom is 0.151 e. The van der Waals surface area contributed by atoms with Crippen LogP contribution in [0.2, 0.25) is 0 Å². The highest BCUT2D eigenvalue weighted by Crippen LogP contribution is 2.33. The van der Waals surface area contributed by atoms with Crippen LogP contribution in [0.25, 0.3) is 0 Å². The van der Waals surface area contributed by atoms with Crippen molar-refractivity contribution in [1.82, 2.24) is 14.9 Å². The second kappa shape index (κ2) is 5.65. The fraction of sp³-hybridized carbons (Fsp3) is 0.500. The summed E-state index contributed by atoms with van der Waals surface area (Å²) in [5.41, 5.74) is 2.62. The molecule has 3 rings (SSSR count). The molecule has 0 aromatic carbocycles. The van der Waals surface area contributed by atoms with Crippen molar-refractivity contribution in [3.63, 3.8) is 0 Å². The first-order chi connectivity index (χ1) is 9.74. The van der Waals surface area contributed by atoms with Gasteiger partial charge in [-0.05, 0) is 25.3 Å². The summed E-state index contributed by atoms with van der Waals surface area (Å²) >= 11 is 0. The Morgan fingerprint density at radius 1 is 1.30 bits per heavy atom. The number of hydrogen-bond donors (Lipinski definition) is 1. The first-order valence-corrected chi connectivity index (χ1v) is 7.44. The van der Waals surface area contributed by atoms with Gasteiger partial charge in [0.25, 0.3) is 0 Å². The van der Waals surface area contributed by atoms with Gasteiger partial charge in [-0.2, -0.15) is 0 Å². The molecule has 20 heavy (non-hydrogen) atoms. The van der Waals surface area contributed by atoms with Crippen LogP contribution < -0.4 is 5.32 Å². The summed E-state index contributed by atoms with van der Waals surface area (Å²) in [6.45, 7) is 6.86. The van der Waals surface area contributed by atoms with Crippen molar-refractivity contribution >= 4 is 6.21 Å². The predicted molar refractivity (Wildman–Crippen MR) is 81.7 cm³/mol. The Bertz CT molecular complexity index is 559. The molecule has 1 aromatic heterocycles. The van der Waals surface area contributed by atoms with E-state index in [-0.39, 0.29) is 0 Å². The molecule has 2 aliphatic rings. The summed E-state index contributed by atoms with van der Waals surface area (Å²) in [4.78, 5) is 8.88. The summed E-state index contributed by atoms with van der Waals surface area (Å²) < 4.78 is 2.31. The van der Waals surface area contributed by atoms with Gasteiger partial charge in [-0.25, -0.2) is 9.98 Å². The zero-order valence-electron chi connectivity index (χ0n) is 12.1. The van der Waals surface area contributed by atoms with Gasteiger partial charge in [-0.3, -0.25) is 0 Å². The number of aliphatic imine (C=N–C) groups is 1. The minimum absolute atomic E-state index is 0.653. The highest BCUT2D eigenvalue weighted by molar-refractivity contribution is 5.76. The van der Waals surface area contributed by atoms with Crippen LogP contribution in [0.3, 0.4) is 0 Å². The quantitative estimate of drug-likeness (QED) is 0.850. The lowest BCUT2D eigenvalue weighted by Gasteiger charge is -2.23. The molecule has 1 fully saturated rings. The fourth-order valence-electron chi connectivity index (χ4n) is 3.08. The van der Waals surface area contributed by atoms with Crippen LogP contribution in [0.5, 0.6) is 0 Å². The number of aromatic nitrogens is 2. The molecule has 0 atom stereocenters. The molecule has 0 amide bonds. The third-order valence-electron chi connectivity index (χ3n) is 4.17. The average Bonchev–Trinajstić information content (AvgIpc) is 2.87. The SMILES string of the molecule is C=C1/N=C\c2ncc(C3CCCCC3)n2C/C(C)=C\N1. The first kappa shape index (κ1) is 13.2. The van der Waals surface area contributed by atoms with E-state index in [2.05, 4.69) is 33.4 Å². The van der Waals surface area contributed by atoms with Crippen molar-refractivity contribution in [3.05, 3.63) is 41.9 Å². The average molecular weight is 270 g/mol. The molecule has 1 N–H and O–H groups in total. The topological polar surface area (TPSA) is 42.2 Å². The van der Waals surface area contributed by atoms with E-state index in [1.807, 2.05) is 18.6 Å². The minimum Gasteiger partial charge on any atom is -0.347 e. The highest BCUT2D eigenvalue weighted by atomic mass is 15.1. The van der Waals surface area contributed by atoms with Gasteiger partial charge >= 0.3 is 0 Å². The Balaban J connectivity index is 1.97. The van der Waals surface area contributed by atoms with E-state index in [1.165, 1.54) is 43.4 Å². The summed E-state index contributed by atoms with van der Waals surface area (Å²) in [6.07, 6.45) is 12.5. The second-order valence-electron chi connectivity index (χ2n) is 5.80. The molecule has 0 radical (unpaired) electrons. The van der Waals surface area contributed by atoms with E-state index in [0.29, 0.717) is 11.7 Å². The summed E-state index contributed by atoms with van der Waals surface area (Å²) in [5.74, 6) is 2.24. The van der Waals surface area contributed by atoms with Gasteiger partial charge in [0.2, 0.25) is 0 Å². The van der Waals surface area contributed by atoms with E-state index in [9.17, 15) is 0 Å². The molecule has 2 heterocycles. The molecule has 0 bridgehead atoms. The van der Waals surface area contributed by atoms with Crippen molar-refractivity contribution in [1.29, 1.82) is 0 Å². The van der Waals surface area contributed by atoms with Crippen molar-refractivity contribution in [3.8, 4) is 0 Å². The molecule has 0 unspecified atom stereocenters. The number of nitrogens with zero attached hydrogens (tertiary/aromatic N) is 3. The maximum absolute atomic E-state index is 4.56. The second-order valence-corrected chi connectivity index (χ2v) is 5.80. The monoisotopic (exact) mass is 270 g/mol. The number of nitrogens with one attached hydrogen (secondary N) is 1. The lowest BCUT2D eigenvalue weighted by Crippen LogP contribution is -2.14. The molecule has 0 saturated heterocycles. The zero-order chi connectivity index (χ0) is 13.9. The van der Waals surface area contributed by atoms with Crippen molar-refractivity contribution in [2.24, 2.45) is 4.99 Å². The molecular formula is C16H22N4. The number of imidazole rings is 1. The number of hydrogen-bond acceptors (Lipinski definition) is 3. The van der Waals surface area contributed by atoms with Crippen LogP contribution in [0.4, 0.5) is 0 Å². The van der Waals surface area contributed by atoms with Gasteiger partial charge in [0.15, 0.2) is 5.82 Å². The van der Waals surface area contributed by atoms with Crippen LogP contribution in [0.15, 0.2) is 35.4 Å². The van der Waals surface area contributed by atoms with Gasteiger partial charge in [0.1, 0.15) is 5.82 Å². The highest BCUT2D eigenvalue weighted by Gasteiger charge is 2.21. The maximum atomic E-state index is 4.56. The Morgan fingerprint density at radius 2 is 2.10 bits per heavy atom. The molecule has 1 saturated carbocycles. The van der Waals surface area contributed by atoms with E-state index >= 15 is 0 Å². The normalized spacial score (nSPS) is 24.6. The molecule has 0 spiro atoms. The van der Waals surface area contributed by atoms with Crippen LogP contribution in [-0.4, -0.2) is 15.8 Å². The van der Waals surface area contributed by atoms with Crippen molar-refractivity contribution < 1.29 is 0 Å². The number of fused-ring (bicyclic) bond motifs is 1. The molecule has 1 aliphatic heterocycles. The lowest BCUT2D eigenvalue weighted by atomic mass is 9.87. The standard InChI is InChI=1S/C16H22N4/c1-12-8-17-13(2)18-10-16-19-9-15(20(16)11-12)14-6-4-3-5-7-14/h8-10,14,17H,2-7,11H2,1H3/b12-8-,18-10-. The fourth-order valence-corrected chi connectivity index (χ4v) is 3.08. The van der Waals surface area contributed by atoms with E-state index in [1.54, 1.807) is 0 Å². The largest absolute Gasteiger partial charge is 0.347 e. The van der Waals surface area contributed by atoms with Gasteiger partial charge in [0.05, 0.1) is 6.21 Å². The summed E-state index contributed by atoms with van der Waals surface area (Å²) in [7, 11) is 0. The van der Waals surface area contributed by atoms with E-state index in [4.69, 9.17) is 0 Å². The number of rotatable bonds is 1. The van der Waals surface area contributed by atoms with Crippen LogP contribution >= 0.6 is 0 Å². The van der Waals surface area contributed by atoms with Crippen molar-refractivity contribution in [2.75, 3.05) is 0 Å². The molecule has 1 aliphatic carbocycles. The third-order valence-corrected chi connectivity index (χ3v) is 4.17. The molecule has 4 nitrogen and oxygen atoms in total. The van der Waals surface area contributed by atoms with Crippen LogP contribution in [0.1, 0.15) is 56.5 Å². The number of allylic oxidation sites excluding steroid dienone is 1.